The number of nitrogens with one attached hydrogen (secondary N) is 1. The number of hydrogen-bond donors (Lipinski definition) is 2. The number of piperidine rings is 1. The van der Waals surface area contributed by atoms with Crippen molar-refractivity contribution in [2.75, 3.05) is 25.0 Å². The minimum Gasteiger partial charge on any atom is -0.508 e. The maximum absolute atomic E-state index is 12.1. The van der Waals surface area contributed by atoms with Gasteiger partial charge < -0.3 is 10.4 Å². The molecule has 0 unspecified atom stereocenters. The fraction of sp³-hybridized carbons (Fsp3) is 0.350. The summed E-state index contributed by atoms with van der Waals surface area (Å²) in [4.78, 5) is 14.3. The highest BCUT2D eigenvalue weighted by molar-refractivity contribution is 5.92. The highest BCUT2D eigenvalue weighted by Crippen LogP contribution is 2.21. The molecule has 0 bridgehead atoms. The third-order valence-corrected chi connectivity index (χ3v) is 4.59. The van der Waals surface area contributed by atoms with Crippen molar-refractivity contribution < 1.29 is 9.90 Å². The lowest BCUT2D eigenvalue weighted by Crippen LogP contribution is -2.39. The fourth-order valence-electron chi connectivity index (χ4n) is 3.24. The lowest BCUT2D eigenvalue weighted by atomic mass is 9.90. The quantitative estimate of drug-likeness (QED) is 0.830. The van der Waals surface area contributed by atoms with Crippen LogP contribution in [-0.2, 0) is 11.2 Å². The summed E-state index contributed by atoms with van der Waals surface area (Å²) in [5, 5.41) is 12.1. The van der Waals surface area contributed by atoms with E-state index in [1.165, 1.54) is 5.56 Å². The Morgan fingerprint density at radius 1 is 1.04 bits per heavy atom. The molecule has 4 heteroatoms. The normalized spacial score (nSPS) is 16.0. The van der Waals surface area contributed by atoms with Crippen LogP contribution >= 0.6 is 0 Å². The van der Waals surface area contributed by atoms with Gasteiger partial charge in [0, 0.05) is 5.69 Å². The van der Waals surface area contributed by atoms with Crippen LogP contribution in [0.3, 0.4) is 0 Å². The largest absolute Gasteiger partial charge is 0.508 e. The minimum absolute atomic E-state index is 0.00204. The number of anilines is 1. The Hall–Kier alpha value is -2.33. The number of rotatable bonds is 5. The van der Waals surface area contributed by atoms with Crippen LogP contribution in [0.5, 0.6) is 5.75 Å². The number of aromatic hydroxyl groups is 1. The molecule has 1 saturated heterocycles. The monoisotopic (exact) mass is 324 g/mol. The molecule has 0 atom stereocenters. The molecule has 0 spiro atoms. The lowest BCUT2D eigenvalue weighted by molar-refractivity contribution is -0.117. The fourth-order valence-corrected chi connectivity index (χ4v) is 3.24. The number of phenols is 1. The standard InChI is InChI=1S/C20H24N2O2/c23-19-8-6-18(7-9-19)21-20(24)15-22-12-10-17(11-13-22)14-16-4-2-1-3-5-16/h1-9,17,23H,10-15H2,(H,21,24). The Bertz CT molecular complexity index is 647. The summed E-state index contributed by atoms with van der Waals surface area (Å²) in [5.74, 6) is 0.916. The second kappa shape index (κ2) is 7.97. The number of carbonyl (C=O) groups excluding carboxylic acids is 1. The molecule has 24 heavy (non-hydrogen) atoms. The molecule has 4 nitrogen and oxygen atoms in total. The number of amides is 1. The molecule has 1 amide bonds. The van der Waals surface area contributed by atoms with Crippen molar-refractivity contribution in [3.05, 3.63) is 60.2 Å². The molecule has 0 aromatic heterocycles. The van der Waals surface area contributed by atoms with Crippen LogP contribution in [0.2, 0.25) is 0 Å². The predicted molar refractivity (Wildman–Crippen MR) is 96.0 cm³/mol. The Labute approximate surface area is 143 Å². The zero-order chi connectivity index (χ0) is 16.8. The van der Waals surface area contributed by atoms with Gasteiger partial charge in [-0.2, -0.15) is 0 Å². The first-order valence-corrected chi connectivity index (χ1v) is 8.54. The molecule has 1 fully saturated rings. The molecular weight excluding hydrogens is 300 g/mol. The summed E-state index contributed by atoms with van der Waals surface area (Å²) in [5.41, 5.74) is 2.12. The van der Waals surface area contributed by atoms with Gasteiger partial charge in [-0.3, -0.25) is 9.69 Å². The van der Waals surface area contributed by atoms with Crippen molar-refractivity contribution in [1.29, 1.82) is 0 Å². The molecule has 1 heterocycles. The number of likely N-dealkylation sites (tertiary alicyclic amines) is 1. The van der Waals surface area contributed by atoms with E-state index in [2.05, 4.69) is 40.5 Å². The smallest absolute Gasteiger partial charge is 0.238 e. The van der Waals surface area contributed by atoms with Gasteiger partial charge in [-0.05, 0) is 68.1 Å². The van der Waals surface area contributed by atoms with Crippen molar-refractivity contribution in [3.8, 4) is 5.75 Å². The van der Waals surface area contributed by atoms with Gasteiger partial charge in [-0.25, -0.2) is 0 Å². The topological polar surface area (TPSA) is 52.6 Å². The highest BCUT2D eigenvalue weighted by atomic mass is 16.3. The van der Waals surface area contributed by atoms with E-state index >= 15 is 0 Å². The van der Waals surface area contributed by atoms with E-state index in [0.29, 0.717) is 12.5 Å². The first-order valence-electron chi connectivity index (χ1n) is 8.54. The van der Waals surface area contributed by atoms with Gasteiger partial charge in [0.25, 0.3) is 0 Å². The average molecular weight is 324 g/mol. The third kappa shape index (κ3) is 4.83. The maximum Gasteiger partial charge on any atom is 0.238 e. The SMILES string of the molecule is O=C(CN1CCC(Cc2ccccc2)CC1)Nc1ccc(O)cc1. The van der Waals surface area contributed by atoms with E-state index < -0.39 is 0 Å². The Kier molecular flexibility index (Phi) is 5.49. The second-order valence-electron chi connectivity index (χ2n) is 6.50. The Balaban J connectivity index is 1.41. The molecular formula is C20H24N2O2. The predicted octanol–water partition coefficient (Wildman–Crippen LogP) is 3.29. The zero-order valence-electron chi connectivity index (χ0n) is 13.8. The molecule has 2 aromatic rings. The van der Waals surface area contributed by atoms with E-state index in [-0.39, 0.29) is 11.7 Å². The van der Waals surface area contributed by atoms with Crippen molar-refractivity contribution in [2.24, 2.45) is 5.92 Å². The van der Waals surface area contributed by atoms with E-state index in [0.717, 1.165) is 38.0 Å². The van der Waals surface area contributed by atoms with Crippen LogP contribution in [0.25, 0.3) is 0 Å². The Morgan fingerprint density at radius 2 is 1.71 bits per heavy atom. The second-order valence-corrected chi connectivity index (χ2v) is 6.50. The van der Waals surface area contributed by atoms with Crippen molar-refractivity contribution in [2.45, 2.75) is 19.3 Å². The minimum atomic E-state index is 0.00204. The van der Waals surface area contributed by atoms with Crippen LogP contribution in [0.1, 0.15) is 18.4 Å². The van der Waals surface area contributed by atoms with Crippen LogP contribution in [0.15, 0.2) is 54.6 Å². The van der Waals surface area contributed by atoms with Crippen molar-refractivity contribution in [1.82, 2.24) is 4.90 Å². The summed E-state index contributed by atoms with van der Waals surface area (Å²) in [6.45, 7) is 2.37. The first-order chi connectivity index (χ1) is 11.7. The summed E-state index contributed by atoms with van der Waals surface area (Å²) >= 11 is 0. The summed E-state index contributed by atoms with van der Waals surface area (Å²) < 4.78 is 0. The number of hydrogen-bond acceptors (Lipinski definition) is 3. The van der Waals surface area contributed by atoms with E-state index in [4.69, 9.17) is 0 Å². The van der Waals surface area contributed by atoms with Gasteiger partial charge in [0.2, 0.25) is 5.91 Å². The number of carbonyl (C=O) groups is 1. The molecule has 3 rings (SSSR count). The molecule has 1 aliphatic heterocycles. The van der Waals surface area contributed by atoms with Gasteiger partial charge in [0.05, 0.1) is 6.54 Å². The van der Waals surface area contributed by atoms with Crippen molar-refractivity contribution in [3.63, 3.8) is 0 Å². The average Bonchev–Trinajstić information content (AvgIpc) is 2.60. The Morgan fingerprint density at radius 3 is 2.38 bits per heavy atom. The third-order valence-electron chi connectivity index (χ3n) is 4.59. The first kappa shape index (κ1) is 16.5. The number of nitrogens with zero attached hydrogens (tertiary/aromatic N) is 1. The molecule has 126 valence electrons. The van der Waals surface area contributed by atoms with E-state index in [9.17, 15) is 9.90 Å². The number of benzene rings is 2. The van der Waals surface area contributed by atoms with Gasteiger partial charge in [-0.15, -0.1) is 0 Å². The van der Waals surface area contributed by atoms with Crippen LogP contribution < -0.4 is 5.32 Å². The van der Waals surface area contributed by atoms with Crippen LogP contribution in [0.4, 0.5) is 5.69 Å². The van der Waals surface area contributed by atoms with Gasteiger partial charge in [0.15, 0.2) is 0 Å². The maximum atomic E-state index is 12.1. The van der Waals surface area contributed by atoms with Gasteiger partial charge in [-0.1, -0.05) is 30.3 Å². The van der Waals surface area contributed by atoms with E-state index in [1.54, 1.807) is 24.3 Å². The zero-order valence-corrected chi connectivity index (χ0v) is 13.8. The van der Waals surface area contributed by atoms with Crippen molar-refractivity contribution >= 4 is 11.6 Å². The van der Waals surface area contributed by atoms with Crippen LogP contribution in [0, 0.1) is 5.92 Å². The summed E-state index contributed by atoms with van der Waals surface area (Å²) in [6, 6.07) is 17.2. The van der Waals surface area contributed by atoms with E-state index in [1.807, 2.05) is 0 Å². The van der Waals surface area contributed by atoms with Gasteiger partial charge >= 0.3 is 0 Å². The van der Waals surface area contributed by atoms with Gasteiger partial charge in [0.1, 0.15) is 5.75 Å². The van der Waals surface area contributed by atoms with Crippen LogP contribution in [-0.4, -0.2) is 35.5 Å². The molecule has 2 aromatic carbocycles. The molecule has 2 N–H and O–H groups in total. The summed E-state index contributed by atoms with van der Waals surface area (Å²) in [6.07, 6.45) is 3.41. The number of phenolic OH excluding ortho intramolecular Hbond substituents is 1. The molecule has 0 aliphatic carbocycles. The molecule has 0 saturated carbocycles. The lowest BCUT2D eigenvalue weighted by Gasteiger charge is -2.31. The molecule has 0 radical (unpaired) electrons. The summed E-state index contributed by atoms with van der Waals surface area (Å²) in [7, 11) is 0. The highest BCUT2D eigenvalue weighted by Gasteiger charge is 2.21. The molecule has 1 aliphatic rings.